The molecule has 1 N–H and O–H groups in total. The zero-order chi connectivity index (χ0) is 25.3. The molecule has 1 amide bonds. The van der Waals surface area contributed by atoms with E-state index in [1.807, 2.05) is 48.5 Å². The van der Waals surface area contributed by atoms with Crippen LogP contribution in [0.2, 0.25) is 15.1 Å². The molecule has 0 unspecified atom stereocenters. The molecule has 0 radical (unpaired) electrons. The molecule has 0 aliphatic carbocycles. The van der Waals surface area contributed by atoms with Gasteiger partial charge >= 0.3 is 0 Å². The van der Waals surface area contributed by atoms with E-state index in [0.29, 0.717) is 38.7 Å². The minimum Gasteiger partial charge on any atom is -0.489 e. The molecule has 0 fully saturated rings. The zero-order valence-corrected chi connectivity index (χ0v) is 21.2. The highest BCUT2D eigenvalue weighted by atomic mass is 35.5. The number of carbonyl (C=O) groups is 1. The highest BCUT2D eigenvalue weighted by Gasteiger charge is 2.12. The van der Waals surface area contributed by atoms with Crippen molar-refractivity contribution in [3.8, 4) is 11.5 Å². The largest absolute Gasteiger partial charge is 0.489 e. The van der Waals surface area contributed by atoms with Crippen molar-refractivity contribution in [2.75, 3.05) is 0 Å². The van der Waals surface area contributed by atoms with Crippen molar-refractivity contribution in [2.45, 2.75) is 13.2 Å². The number of rotatable bonds is 9. The molecule has 0 aliphatic rings. The van der Waals surface area contributed by atoms with Crippen LogP contribution in [0.5, 0.6) is 11.5 Å². The number of nitrogens with one attached hydrogen (secondary N) is 1. The Morgan fingerprint density at radius 2 is 1.58 bits per heavy atom. The Morgan fingerprint density at radius 1 is 0.778 bits per heavy atom. The van der Waals surface area contributed by atoms with Crippen LogP contribution in [-0.2, 0) is 13.2 Å². The molecular weight excluding hydrogens is 519 g/mol. The number of nitrogens with zero attached hydrogens (tertiary/aromatic N) is 1. The van der Waals surface area contributed by atoms with E-state index in [0.717, 1.165) is 16.7 Å². The van der Waals surface area contributed by atoms with Gasteiger partial charge in [-0.25, -0.2) is 5.43 Å². The van der Waals surface area contributed by atoms with Gasteiger partial charge in [0.05, 0.1) is 21.8 Å². The van der Waals surface area contributed by atoms with Crippen LogP contribution >= 0.6 is 34.8 Å². The van der Waals surface area contributed by atoms with Crippen molar-refractivity contribution in [1.29, 1.82) is 0 Å². The zero-order valence-electron chi connectivity index (χ0n) is 19.0. The third-order valence-electron chi connectivity index (χ3n) is 5.10. The Kier molecular flexibility index (Phi) is 8.85. The van der Waals surface area contributed by atoms with Crippen molar-refractivity contribution >= 4 is 46.9 Å². The third-order valence-corrected chi connectivity index (χ3v) is 6.21. The first kappa shape index (κ1) is 25.6. The molecule has 0 atom stereocenters. The van der Waals surface area contributed by atoms with Crippen LogP contribution in [0.4, 0.5) is 0 Å². The predicted molar refractivity (Wildman–Crippen MR) is 145 cm³/mol. The van der Waals surface area contributed by atoms with E-state index >= 15 is 0 Å². The number of hydrogen-bond acceptors (Lipinski definition) is 4. The lowest BCUT2D eigenvalue weighted by Gasteiger charge is -2.11. The van der Waals surface area contributed by atoms with Gasteiger partial charge in [-0.1, -0.05) is 83.3 Å². The molecule has 5 nitrogen and oxygen atoms in total. The summed E-state index contributed by atoms with van der Waals surface area (Å²) in [5, 5.41) is 5.66. The van der Waals surface area contributed by atoms with Crippen molar-refractivity contribution in [2.24, 2.45) is 5.10 Å². The lowest BCUT2D eigenvalue weighted by Crippen LogP contribution is -2.18. The quantitative estimate of drug-likeness (QED) is 0.176. The number of hydrogen-bond donors (Lipinski definition) is 1. The lowest BCUT2D eigenvalue weighted by atomic mass is 10.2. The minimum atomic E-state index is -0.395. The highest BCUT2D eigenvalue weighted by molar-refractivity contribution is 6.42. The molecule has 36 heavy (non-hydrogen) atoms. The van der Waals surface area contributed by atoms with Crippen molar-refractivity contribution < 1.29 is 14.3 Å². The number of benzene rings is 4. The summed E-state index contributed by atoms with van der Waals surface area (Å²) in [6.45, 7) is 0.571. The van der Waals surface area contributed by atoms with Crippen LogP contribution in [0.1, 0.15) is 27.0 Å². The smallest absolute Gasteiger partial charge is 0.275 e. The van der Waals surface area contributed by atoms with E-state index in [9.17, 15) is 4.79 Å². The van der Waals surface area contributed by atoms with Gasteiger partial charge < -0.3 is 9.47 Å². The molecule has 8 heteroatoms. The van der Waals surface area contributed by atoms with Gasteiger partial charge in [-0.05, 0) is 53.6 Å². The van der Waals surface area contributed by atoms with E-state index in [4.69, 9.17) is 44.3 Å². The summed E-state index contributed by atoms with van der Waals surface area (Å²) in [6, 6.07) is 27.0. The number of para-hydroxylation sites is 1. The molecule has 0 aliphatic heterocycles. The van der Waals surface area contributed by atoms with Crippen LogP contribution in [0.15, 0.2) is 96.1 Å². The Morgan fingerprint density at radius 3 is 2.42 bits per heavy atom. The molecule has 0 spiro atoms. The van der Waals surface area contributed by atoms with E-state index in [1.54, 1.807) is 42.5 Å². The summed E-state index contributed by atoms with van der Waals surface area (Å²) in [4.78, 5) is 12.7. The van der Waals surface area contributed by atoms with E-state index < -0.39 is 5.91 Å². The molecule has 0 saturated heterocycles. The standard InChI is InChI=1S/C28H21Cl3N2O3/c29-24-10-3-1-7-21(24)18-36-27-11-4-2-9-23(27)28(34)33-32-16-19-6-5-8-22(14-19)35-17-20-12-13-25(30)26(31)15-20/h1-16H,17-18H2,(H,33,34)/b32-16-. The molecule has 0 aromatic heterocycles. The highest BCUT2D eigenvalue weighted by Crippen LogP contribution is 2.24. The first-order valence-corrected chi connectivity index (χ1v) is 12.1. The first-order chi connectivity index (χ1) is 17.5. The van der Waals surface area contributed by atoms with Gasteiger partial charge in [0.15, 0.2) is 0 Å². The Bertz CT molecular complexity index is 1390. The average Bonchev–Trinajstić information content (AvgIpc) is 2.89. The van der Waals surface area contributed by atoms with Gasteiger partial charge in [0.1, 0.15) is 24.7 Å². The average molecular weight is 540 g/mol. The fourth-order valence-electron chi connectivity index (χ4n) is 3.26. The van der Waals surface area contributed by atoms with E-state index in [-0.39, 0.29) is 6.61 Å². The van der Waals surface area contributed by atoms with E-state index in [1.165, 1.54) is 6.21 Å². The maximum absolute atomic E-state index is 12.7. The summed E-state index contributed by atoms with van der Waals surface area (Å²) in [6.07, 6.45) is 1.54. The molecule has 0 bridgehead atoms. The van der Waals surface area contributed by atoms with Crippen LogP contribution < -0.4 is 14.9 Å². The molecule has 182 valence electrons. The van der Waals surface area contributed by atoms with Gasteiger partial charge in [0.25, 0.3) is 5.91 Å². The monoisotopic (exact) mass is 538 g/mol. The summed E-state index contributed by atoms with van der Waals surface area (Å²) in [5.74, 6) is 0.686. The maximum Gasteiger partial charge on any atom is 0.275 e. The second-order valence-electron chi connectivity index (χ2n) is 7.68. The van der Waals surface area contributed by atoms with Gasteiger partial charge in [-0.15, -0.1) is 0 Å². The Hall–Kier alpha value is -3.51. The van der Waals surface area contributed by atoms with Crippen molar-refractivity contribution in [3.63, 3.8) is 0 Å². The third kappa shape index (κ3) is 7.01. The summed E-state index contributed by atoms with van der Waals surface area (Å²) in [5.41, 5.74) is 5.38. The van der Waals surface area contributed by atoms with Crippen molar-refractivity contribution in [1.82, 2.24) is 5.43 Å². The predicted octanol–water partition coefficient (Wildman–Crippen LogP) is 7.57. The Balaban J connectivity index is 1.35. The molecular formula is C28H21Cl3N2O3. The molecule has 0 saturated carbocycles. The minimum absolute atomic E-state index is 0.238. The molecule has 4 aromatic rings. The van der Waals surface area contributed by atoms with Crippen LogP contribution in [0.3, 0.4) is 0 Å². The van der Waals surface area contributed by atoms with E-state index in [2.05, 4.69) is 10.5 Å². The number of ether oxygens (including phenoxy) is 2. The number of carbonyl (C=O) groups excluding carboxylic acids is 1. The number of halogens is 3. The second kappa shape index (κ2) is 12.5. The SMILES string of the molecule is O=C(N/N=C\c1cccc(OCc2ccc(Cl)c(Cl)c2)c1)c1ccccc1OCc1ccccc1Cl. The van der Waals surface area contributed by atoms with Gasteiger partial charge in [-0.2, -0.15) is 5.10 Å². The lowest BCUT2D eigenvalue weighted by molar-refractivity contribution is 0.0950. The van der Waals surface area contributed by atoms with Crippen LogP contribution in [0.25, 0.3) is 0 Å². The fraction of sp³-hybridized carbons (Fsp3) is 0.0714. The van der Waals surface area contributed by atoms with Crippen LogP contribution in [-0.4, -0.2) is 12.1 Å². The fourth-order valence-corrected chi connectivity index (χ4v) is 3.77. The normalized spacial score (nSPS) is 10.9. The first-order valence-electron chi connectivity index (χ1n) is 10.9. The summed E-state index contributed by atoms with van der Waals surface area (Å²) < 4.78 is 11.7. The topological polar surface area (TPSA) is 59.9 Å². The van der Waals surface area contributed by atoms with Gasteiger partial charge in [0, 0.05) is 10.6 Å². The number of amides is 1. The maximum atomic E-state index is 12.7. The van der Waals surface area contributed by atoms with Gasteiger partial charge in [0.2, 0.25) is 0 Å². The summed E-state index contributed by atoms with van der Waals surface area (Å²) in [7, 11) is 0. The molecule has 0 heterocycles. The Labute approximate surface area is 224 Å². The van der Waals surface area contributed by atoms with Gasteiger partial charge in [-0.3, -0.25) is 4.79 Å². The molecule has 4 aromatic carbocycles. The van der Waals surface area contributed by atoms with Crippen molar-refractivity contribution in [3.05, 3.63) is 128 Å². The number of hydrazone groups is 1. The van der Waals surface area contributed by atoms with Crippen LogP contribution in [0, 0.1) is 0 Å². The molecule has 4 rings (SSSR count). The second-order valence-corrected chi connectivity index (χ2v) is 8.91. The summed E-state index contributed by atoms with van der Waals surface area (Å²) >= 11 is 18.2.